The van der Waals surface area contributed by atoms with Gasteiger partial charge in [0.05, 0.1) is 13.2 Å². The summed E-state index contributed by atoms with van der Waals surface area (Å²) in [6.07, 6.45) is 14.3. The number of hydrogen-bond donors (Lipinski definition) is 1. The first-order valence-corrected chi connectivity index (χ1v) is 9.81. The van der Waals surface area contributed by atoms with Crippen molar-refractivity contribution in [3.63, 3.8) is 0 Å². The van der Waals surface area contributed by atoms with Crippen LogP contribution in [0, 0.1) is 5.41 Å². The zero-order valence-corrected chi connectivity index (χ0v) is 16.0. The van der Waals surface area contributed by atoms with Gasteiger partial charge in [-0.05, 0) is 55.2 Å². The maximum Gasteiger partial charge on any atom is 0.283 e. The Morgan fingerprint density at radius 3 is 2.79 bits per heavy atom. The summed E-state index contributed by atoms with van der Waals surface area (Å²) in [7, 11) is 0. The van der Waals surface area contributed by atoms with Crippen LogP contribution in [0.5, 0.6) is 5.75 Å². The molecular weight excluding hydrogens is 352 g/mol. The van der Waals surface area contributed by atoms with Gasteiger partial charge < -0.3 is 19.9 Å². The molecule has 0 amide bonds. The van der Waals surface area contributed by atoms with E-state index < -0.39 is 5.54 Å². The van der Waals surface area contributed by atoms with Crippen LogP contribution < -0.4 is 10.5 Å². The summed E-state index contributed by atoms with van der Waals surface area (Å²) < 4.78 is 17.5. The van der Waals surface area contributed by atoms with Crippen molar-refractivity contribution in [1.82, 2.24) is 0 Å². The lowest BCUT2D eigenvalue weighted by molar-refractivity contribution is 0.0871. The highest BCUT2D eigenvalue weighted by molar-refractivity contribution is 5.79. The Labute approximate surface area is 164 Å². The normalized spacial score (nSPS) is 29.4. The molecule has 5 nitrogen and oxygen atoms in total. The molecule has 1 saturated carbocycles. The first kappa shape index (κ1) is 17.2. The SMILES string of the molecule is CCOC1=C/C(c2ccc3c(c2)C2(COC(N)=N2)C2(CC2)CO3)=C\C=C\C=C1. The minimum atomic E-state index is -0.439. The van der Waals surface area contributed by atoms with Crippen LogP contribution in [0.25, 0.3) is 5.57 Å². The first-order chi connectivity index (χ1) is 13.7. The van der Waals surface area contributed by atoms with Crippen molar-refractivity contribution < 1.29 is 14.2 Å². The zero-order chi connectivity index (χ0) is 19.2. The molecule has 2 N–H and O–H groups in total. The molecule has 0 radical (unpaired) electrons. The van der Waals surface area contributed by atoms with E-state index in [0.29, 0.717) is 19.8 Å². The van der Waals surface area contributed by atoms with Crippen molar-refractivity contribution in [2.45, 2.75) is 25.3 Å². The summed E-state index contributed by atoms with van der Waals surface area (Å²) >= 11 is 0. The molecule has 2 heterocycles. The fraction of sp³-hybridized carbons (Fsp3) is 0.348. The predicted molar refractivity (Wildman–Crippen MR) is 109 cm³/mol. The molecule has 1 atom stereocenters. The lowest BCUT2D eigenvalue weighted by atomic mass is 9.74. The summed E-state index contributed by atoms with van der Waals surface area (Å²) in [5, 5.41) is 0. The van der Waals surface area contributed by atoms with Gasteiger partial charge in [-0.15, -0.1) is 0 Å². The van der Waals surface area contributed by atoms with E-state index in [9.17, 15) is 0 Å². The van der Waals surface area contributed by atoms with Gasteiger partial charge in [0.2, 0.25) is 0 Å². The molecule has 2 spiro atoms. The smallest absolute Gasteiger partial charge is 0.283 e. The van der Waals surface area contributed by atoms with Gasteiger partial charge in [-0.3, -0.25) is 0 Å². The third kappa shape index (κ3) is 2.57. The maximum absolute atomic E-state index is 6.12. The Balaban J connectivity index is 1.61. The van der Waals surface area contributed by atoms with Gasteiger partial charge in [-0.2, -0.15) is 0 Å². The van der Waals surface area contributed by atoms with Gasteiger partial charge in [-0.1, -0.05) is 30.4 Å². The highest BCUT2D eigenvalue weighted by Gasteiger charge is 2.66. The Hall–Kier alpha value is -2.95. The van der Waals surface area contributed by atoms with Gasteiger partial charge in [-0.25, -0.2) is 4.99 Å². The third-order valence-electron chi connectivity index (χ3n) is 6.09. The topological polar surface area (TPSA) is 66.1 Å². The largest absolute Gasteiger partial charge is 0.494 e. The molecule has 0 bridgehead atoms. The highest BCUT2D eigenvalue weighted by Crippen LogP contribution is 2.65. The van der Waals surface area contributed by atoms with Gasteiger partial charge in [0.1, 0.15) is 23.7 Å². The third-order valence-corrected chi connectivity index (χ3v) is 6.09. The van der Waals surface area contributed by atoms with Crippen LogP contribution in [-0.2, 0) is 15.0 Å². The molecule has 28 heavy (non-hydrogen) atoms. The van der Waals surface area contributed by atoms with E-state index in [1.54, 1.807) is 0 Å². The number of rotatable bonds is 3. The number of hydrogen-bond acceptors (Lipinski definition) is 5. The molecule has 1 aromatic rings. The van der Waals surface area contributed by atoms with E-state index >= 15 is 0 Å². The number of fused-ring (bicyclic) bond motifs is 3. The molecule has 144 valence electrons. The number of benzene rings is 1. The molecule has 5 rings (SSSR count). The molecule has 0 aromatic heterocycles. The van der Waals surface area contributed by atoms with E-state index in [-0.39, 0.29) is 11.4 Å². The number of amidine groups is 1. The second kappa shape index (κ2) is 6.30. The minimum absolute atomic E-state index is 0.00399. The zero-order valence-electron chi connectivity index (χ0n) is 16.0. The van der Waals surface area contributed by atoms with Crippen molar-refractivity contribution >= 4 is 11.6 Å². The van der Waals surface area contributed by atoms with E-state index in [2.05, 4.69) is 24.3 Å². The molecule has 5 heteroatoms. The quantitative estimate of drug-likeness (QED) is 0.871. The number of nitrogens with zero attached hydrogens (tertiary/aromatic N) is 1. The Morgan fingerprint density at radius 1 is 1.14 bits per heavy atom. The highest BCUT2D eigenvalue weighted by atomic mass is 16.5. The van der Waals surface area contributed by atoms with Crippen LogP contribution >= 0.6 is 0 Å². The van der Waals surface area contributed by atoms with Crippen molar-refractivity contribution in [2.24, 2.45) is 16.1 Å². The fourth-order valence-electron chi connectivity index (χ4n) is 4.39. The van der Waals surface area contributed by atoms with Gasteiger partial charge >= 0.3 is 0 Å². The lowest BCUT2D eigenvalue weighted by Gasteiger charge is -2.39. The van der Waals surface area contributed by atoms with Crippen molar-refractivity contribution in [2.75, 3.05) is 19.8 Å². The van der Waals surface area contributed by atoms with Gasteiger partial charge in [0, 0.05) is 11.0 Å². The molecule has 1 fully saturated rings. The second-order valence-electron chi connectivity index (χ2n) is 7.72. The van der Waals surface area contributed by atoms with Crippen LogP contribution in [-0.4, -0.2) is 25.8 Å². The summed E-state index contributed by atoms with van der Waals surface area (Å²) in [5.41, 5.74) is 8.76. The second-order valence-corrected chi connectivity index (χ2v) is 7.72. The van der Waals surface area contributed by atoms with Gasteiger partial charge in [0.25, 0.3) is 6.02 Å². The number of aliphatic imine (C=N–C) groups is 1. The molecule has 1 unspecified atom stereocenters. The summed E-state index contributed by atoms with van der Waals surface area (Å²) in [5.74, 6) is 1.71. The lowest BCUT2D eigenvalue weighted by Crippen LogP contribution is -2.44. The van der Waals surface area contributed by atoms with E-state index in [0.717, 1.165) is 41.1 Å². The van der Waals surface area contributed by atoms with E-state index in [4.69, 9.17) is 24.9 Å². The summed E-state index contributed by atoms with van der Waals surface area (Å²) in [4.78, 5) is 4.81. The number of ether oxygens (including phenoxy) is 3. The molecular formula is C23H24N2O3. The fourth-order valence-corrected chi connectivity index (χ4v) is 4.39. The van der Waals surface area contributed by atoms with Crippen molar-refractivity contribution in [1.29, 1.82) is 0 Å². The van der Waals surface area contributed by atoms with Crippen molar-refractivity contribution in [3.05, 3.63) is 71.5 Å². The number of allylic oxidation sites excluding steroid dienone is 7. The Bertz CT molecular complexity index is 966. The maximum atomic E-state index is 6.12. The average molecular weight is 376 g/mol. The predicted octanol–water partition coefficient (Wildman–Crippen LogP) is 3.83. The van der Waals surface area contributed by atoms with E-state index in [1.807, 2.05) is 37.3 Å². The van der Waals surface area contributed by atoms with Crippen molar-refractivity contribution in [3.8, 4) is 5.75 Å². The monoisotopic (exact) mass is 376 g/mol. The van der Waals surface area contributed by atoms with Gasteiger partial charge in [0.15, 0.2) is 0 Å². The van der Waals surface area contributed by atoms with Crippen LogP contribution in [0.15, 0.2) is 65.4 Å². The average Bonchev–Trinajstić information content (AvgIpc) is 3.36. The Morgan fingerprint density at radius 2 is 2.04 bits per heavy atom. The molecule has 1 aromatic carbocycles. The molecule has 2 aliphatic carbocycles. The minimum Gasteiger partial charge on any atom is -0.494 e. The molecule has 2 aliphatic heterocycles. The molecule has 0 saturated heterocycles. The van der Waals surface area contributed by atoms with Crippen LogP contribution in [0.3, 0.4) is 0 Å². The summed E-state index contributed by atoms with van der Waals surface area (Å²) in [6.45, 7) is 3.77. The van der Waals surface area contributed by atoms with Crippen LogP contribution in [0.1, 0.15) is 30.9 Å². The molecule has 4 aliphatic rings. The standard InChI is InChI=1S/C23H24N2O3/c1-2-26-18-7-5-3-4-6-16(12-18)17-8-9-20-19(13-17)23(15-28-21(24)25-23)22(10-11-22)14-27-20/h3-9,12-13H,2,10-11,14-15H2,1H3,(H2,24,25)/b4-3+,5-3?,6-4?,7-5?,16-6+,16-12?,18-7?,18-12?. The Kier molecular flexibility index (Phi) is 3.86. The van der Waals surface area contributed by atoms with Crippen LogP contribution in [0.2, 0.25) is 0 Å². The van der Waals surface area contributed by atoms with Crippen LogP contribution in [0.4, 0.5) is 0 Å². The summed E-state index contributed by atoms with van der Waals surface area (Å²) in [6, 6.07) is 6.59. The van der Waals surface area contributed by atoms with E-state index in [1.165, 1.54) is 0 Å². The number of nitrogens with two attached hydrogens (primary N) is 1. The first-order valence-electron chi connectivity index (χ1n) is 9.81.